The fourth-order valence-electron chi connectivity index (χ4n) is 0.864. The summed E-state index contributed by atoms with van der Waals surface area (Å²) in [6.45, 7) is 0. The molecule has 0 aliphatic rings. The minimum Gasteiger partial charge on any atom is -0.504 e. The number of carbonyl (C=O) groups is 3. The van der Waals surface area contributed by atoms with Crippen LogP contribution in [0.5, 0.6) is 0 Å². The third-order valence-corrected chi connectivity index (χ3v) is 2.51. The first-order chi connectivity index (χ1) is 16.6. The van der Waals surface area contributed by atoms with Crippen LogP contribution in [-0.2, 0) is 40.2 Å². The van der Waals surface area contributed by atoms with Crippen LogP contribution >= 0.6 is 0 Å². The third kappa shape index (κ3) is 20.2. The molecule has 0 amide bonds. The minimum atomic E-state index is -5.42. The molecule has 0 aromatic heterocycles. The van der Waals surface area contributed by atoms with Crippen molar-refractivity contribution in [2.75, 3.05) is 0 Å². The molecule has 0 heterocycles. The summed E-state index contributed by atoms with van der Waals surface area (Å²) in [5.74, 6) is -16.0. The molecular formula is C15H6F18O6Sc. The first kappa shape index (κ1) is 44.3. The smallest absolute Gasteiger partial charge is 0.454 e. The molecule has 0 bridgehead atoms. The second kappa shape index (κ2) is 15.3. The third-order valence-electron chi connectivity index (χ3n) is 2.51. The molecular weight excluding hydrogens is 663 g/mol. The molecule has 0 aromatic rings. The van der Waals surface area contributed by atoms with Crippen molar-refractivity contribution in [2.45, 2.75) is 37.1 Å². The maximum atomic E-state index is 11.4. The summed E-state index contributed by atoms with van der Waals surface area (Å²) >= 11 is 0. The largest absolute Gasteiger partial charge is 0.504 e. The Bertz CT molecular complexity index is 834. The average molecular weight is 669 g/mol. The van der Waals surface area contributed by atoms with E-state index in [0.717, 1.165) is 0 Å². The van der Waals surface area contributed by atoms with Crippen molar-refractivity contribution < 1.29 is 135 Å². The van der Waals surface area contributed by atoms with Gasteiger partial charge >= 0.3 is 37.1 Å². The Labute approximate surface area is 225 Å². The van der Waals surface area contributed by atoms with Crippen LogP contribution in [0, 0.1) is 0 Å². The van der Waals surface area contributed by atoms with Crippen LogP contribution in [0.1, 0.15) is 0 Å². The van der Waals surface area contributed by atoms with Gasteiger partial charge in [-0.2, -0.15) is 79.0 Å². The number of rotatable bonds is 3. The Kier molecular flexibility index (Phi) is 16.9. The van der Waals surface area contributed by atoms with Crippen LogP contribution in [0.4, 0.5) is 79.0 Å². The van der Waals surface area contributed by atoms with Crippen LogP contribution in [0.2, 0.25) is 0 Å². The van der Waals surface area contributed by atoms with Gasteiger partial charge in [0.15, 0.2) is 0 Å². The van der Waals surface area contributed by atoms with E-state index in [0.29, 0.717) is 0 Å². The van der Waals surface area contributed by atoms with Gasteiger partial charge in [-0.25, -0.2) is 0 Å². The zero-order valence-corrected chi connectivity index (χ0v) is 19.5. The average Bonchev–Trinajstić information content (AvgIpc) is 2.64. The predicted octanol–water partition coefficient (Wildman–Crippen LogP) is 6.36. The van der Waals surface area contributed by atoms with E-state index in [2.05, 4.69) is 0 Å². The normalized spacial score (nSPS) is 14.1. The predicted molar refractivity (Wildman–Crippen MR) is 83.5 cm³/mol. The molecule has 0 aliphatic heterocycles. The van der Waals surface area contributed by atoms with Crippen molar-refractivity contribution in [3.05, 3.63) is 35.5 Å². The van der Waals surface area contributed by atoms with E-state index in [4.69, 9.17) is 15.3 Å². The molecule has 0 saturated carbocycles. The molecule has 6 nitrogen and oxygen atoms in total. The van der Waals surface area contributed by atoms with E-state index in [1.807, 2.05) is 0 Å². The van der Waals surface area contributed by atoms with Crippen molar-refractivity contribution in [3.8, 4) is 0 Å². The van der Waals surface area contributed by atoms with E-state index in [1.165, 1.54) is 0 Å². The van der Waals surface area contributed by atoms with Crippen molar-refractivity contribution >= 4 is 17.3 Å². The topological polar surface area (TPSA) is 112 Å². The fraction of sp³-hybridized carbons (Fsp3) is 0.400. The molecule has 0 fully saturated rings. The van der Waals surface area contributed by atoms with Gasteiger partial charge in [0.25, 0.3) is 17.3 Å². The zero-order valence-electron chi connectivity index (χ0n) is 17.7. The molecule has 0 unspecified atom stereocenters. The van der Waals surface area contributed by atoms with Crippen LogP contribution in [0.25, 0.3) is 0 Å². The number of ketones is 3. The van der Waals surface area contributed by atoms with Crippen molar-refractivity contribution in [2.24, 2.45) is 0 Å². The van der Waals surface area contributed by atoms with Crippen molar-refractivity contribution in [3.63, 3.8) is 0 Å². The molecule has 0 aliphatic carbocycles. The second-order valence-corrected chi connectivity index (χ2v) is 5.67. The molecule has 25 heteroatoms. The fourth-order valence-corrected chi connectivity index (χ4v) is 0.864. The summed E-state index contributed by atoms with van der Waals surface area (Å²) in [5.41, 5.74) is 0. The number of carbonyl (C=O) groups excluding carboxylic acids is 3. The summed E-state index contributed by atoms with van der Waals surface area (Å²) in [6, 6.07) is 0. The monoisotopic (exact) mass is 669 g/mol. The van der Waals surface area contributed by atoms with Gasteiger partial charge in [-0.1, -0.05) is 0 Å². The van der Waals surface area contributed by atoms with Gasteiger partial charge in [-0.15, -0.1) is 0 Å². The van der Waals surface area contributed by atoms with E-state index in [-0.39, 0.29) is 25.8 Å². The molecule has 231 valence electrons. The van der Waals surface area contributed by atoms with E-state index in [9.17, 15) is 93.4 Å². The standard InChI is InChI=1S/3C5H2F6O2.Sc/c3*6-4(7,8)2(12)1-3(13)5(9,10)11;/h3*1,12H;/b3*2-1+;. The molecule has 0 rings (SSSR count). The number of halogens is 18. The molecule has 0 aromatic carbocycles. The van der Waals surface area contributed by atoms with Crippen LogP contribution in [0.15, 0.2) is 35.5 Å². The number of hydrogen-bond donors (Lipinski definition) is 3. The Morgan fingerprint density at radius 3 is 0.550 bits per heavy atom. The molecule has 0 atom stereocenters. The van der Waals surface area contributed by atoms with E-state index >= 15 is 0 Å². The minimum absolute atomic E-state index is 0. The van der Waals surface area contributed by atoms with Gasteiger partial charge in [0.05, 0.1) is 0 Å². The Balaban J connectivity index is -0.000000240. The first-order valence-corrected chi connectivity index (χ1v) is 7.92. The van der Waals surface area contributed by atoms with E-state index < -0.39 is 89.9 Å². The quantitative estimate of drug-likeness (QED) is 0.183. The molecule has 40 heavy (non-hydrogen) atoms. The summed E-state index contributed by atoms with van der Waals surface area (Å²) < 4.78 is 204. The maximum Gasteiger partial charge on any atom is 0.454 e. The SMILES string of the molecule is O=C(/C=C(/O)C(F)(F)F)C(F)(F)F.O=C(/C=C(/O)C(F)(F)F)C(F)(F)F.O=C(/C=C(/O)C(F)(F)F)C(F)(F)F.[Sc]. The van der Waals surface area contributed by atoms with Crippen molar-refractivity contribution in [1.29, 1.82) is 0 Å². The van der Waals surface area contributed by atoms with Gasteiger partial charge in [-0.3, -0.25) is 14.4 Å². The number of allylic oxidation sites excluding steroid dienone is 6. The van der Waals surface area contributed by atoms with Gasteiger partial charge in [-0.05, 0) is 0 Å². The van der Waals surface area contributed by atoms with Crippen LogP contribution in [-0.4, -0.2) is 69.7 Å². The summed E-state index contributed by atoms with van der Waals surface area (Å²) in [5, 5.41) is 23.8. The summed E-state index contributed by atoms with van der Waals surface area (Å²) in [6.07, 6.45) is -35.0. The van der Waals surface area contributed by atoms with E-state index in [1.54, 1.807) is 0 Å². The first-order valence-electron chi connectivity index (χ1n) is 7.92. The van der Waals surface area contributed by atoms with Gasteiger partial charge < -0.3 is 15.3 Å². The number of aliphatic hydroxyl groups excluding tert-OH is 3. The Morgan fingerprint density at radius 1 is 0.350 bits per heavy atom. The Morgan fingerprint density at radius 2 is 0.475 bits per heavy atom. The Hall–Kier alpha value is -2.76. The van der Waals surface area contributed by atoms with Crippen LogP contribution in [0.3, 0.4) is 0 Å². The maximum absolute atomic E-state index is 11.4. The van der Waals surface area contributed by atoms with Crippen LogP contribution < -0.4 is 0 Å². The number of hydrogen-bond acceptors (Lipinski definition) is 6. The van der Waals surface area contributed by atoms with Gasteiger partial charge in [0.1, 0.15) is 0 Å². The molecule has 1 radical (unpaired) electrons. The molecule has 0 saturated heterocycles. The number of aliphatic hydroxyl groups is 3. The summed E-state index contributed by atoms with van der Waals surface area (Å²) in [4.78, 5) is 29.6. The number of alkyl halides is 18. The molecule has 3 N–H and O–H groups in total. The van der Waals surface area contributed by atoms with Crippen molar-refractivity contribution in [1.82, 2.24) is 0 Å². The zero-order chi connectivity index (χ0) is 32.6. The van der Waals surface area contributed by atoms with Gasteiger partial charge in [0.2, 0.25) is 17.3 Å². The second-order valence-electron chi connectivity index (χ2n) is 5.67. The van der Waals surface area contributed by atoms with Gasteiger partial charge in [0, 0.05) is 44.1 Å². The summed E-state index contributed by atoms with van der Waals surface area (Å²) in [7, 11) is 0. The molecule has 0 spiro atoms.